The fourth-order valence-corrected chi connectivity index (χ4v) is 2.79. The van der Waals surface area contributed by atoms with E-state index in [0.717, 1.165) is 5.69 Å². The Morgan fingerprint density at radius 2 is 1.97 bits per heavy atom. The van der Waals surface area contributed by atoms with Gasteiger partial charge in [0.25, 0.3) is 5.91 Å². The minimum Gasteiger partial charge on any atom is -0.477 e. The molecule has 0 aliphatic heterocycles. The van der Waals surface area contributed by atoms with Crippen LogP contribution in [0.15, 0.2) is 59.7 Å². The van der Waals surface area contributed by atoms with Crippen LogP contribution < -0.4 is 10.2 Å². The van der Waals surface area contributed by atoms with Gasteiger partial charge in [0.2, 0.25) is 0 Å². The topological polar surface area (TPSA) is 112 Å². The standard InChI is InChI=1S/C19H16ClN5O4/c1-13-15(19(20)24(23-13)14-7-3-2-4-8-14)11-21-22-18(26)12-29-17-10-6-5-9-16(17)25(27)28/h2-11H,12H2,1H3,(H,22,26). The van der Waals surface area contributed by atoms with Crippen LogP contribution in [0.1, 0.15) is 11.3 Å². The Labute approximate surface area is 170 Å². The number of nitrogens with zero attached hydrogens (tertiary/aromatic N) is 4. The van der Waals surface area contributed by atoms with Gasteiger partial charge in [0.1, 0.15) is 5.15 Å². The molecule has 0 aliphatic rings. The molecule has 0 unspecified atom stereocenters. The maximum atomic E-state index is 11.9. The van der Waals surface area contributed by atoms with Crippen LogP contribution in [0.25, 0.3) is 5.69 Å². The molecule has 1 N–H and O–H groups in total. The molecule has 1 amide bonds. The Balaban J connectivity index is 1.63. The van der Waals surface area contributed by atoms with Crippen molar-refractivity contribution in [1.82, 2.24) is 15.2 Å². The average molecular weight is 414 g/mol. The molecule has 0 atom stereocenters. The Morgan fingerprint density at radius 3 is 2.69 bits per heavy atom. The van der Waals surface area contributed by atoms with Crippen LogP contribution in [0.2, 0.25) is 5.15 Å². The lowest BCUT2D eigenvalue weighted by Crippen LogP contribution is -2.24. The Kier molecular flexibility index (Phi) is 6.20. The number of nitro benzene ring substituents is 1. The number of nitro groups is 1. The SMILES string of the molecule is Cc1nn(-c2ccccc2)c(Cl)c1C=NNC(=O)COc1ccccc1[N+](=O)[O-]. The molecule has 0 spiro atoms. The van der Waals surface area contributed by atoms with Crippen LogP contribution in [0.4, 0.5) is 5.69 Å². The molecule has 0 radical (unpaired) electrons. The highest BCUT2D eigenvalue weighted by molar-refractivity contribution is 6.32. The van der Waals surface area contributed by atoms with E-state index < -0.39 is 17.4 Å². The summed E-state index contributed by atoms with van der Waals surface area (Å²) in [5, 5.41) is 19.5. The molecule has 0 saturated carbocycles. The molecular formula is C19H16ClN5O4. The second kappa shape index (κ2) is 8.98. The molecule has 3 rings (SSSR count). The number of carbonyl (C=O) groups excluding carboxylic acids is 1. The zero-order valence-corrected chi connectivity index (χ0v) is 16.0. The van der Waals surface area contributed by atoms with Crippen molar-refractivity contribution in [3.63, 3.8) is 0 Å². The Hall–Kier alpha value is -3.72. The fraction of sp³-hybridized carbons (Fsp3) is 0.105. The molecule has 148 valence electrons. The van der Waals surface area contributed by atoms with Crippen LogP contribution in [0.3, 0.4) is 0 Å². The van der Waals surface area contributed by atoms with Crippen LogP contribution in [0, 0.1) is 17.0 Å². The zero-order valence-electron chi connectivity index (χ0n) is 15.3. The highest BCUT2D eigenvalue weighted by Gasteiger charge is 2.15. The first-order valence-electron chi connectivity index (χ1n) is 8.46. The van der Waals surface area contributed by atoms with Crippen LogP contribution >= 0.6 is 11.6 Å². The third-order valence-corrected chi connectivity index (χ3v) is 4.22. The molecule has 1 heterocycles. The normalized spacial score (nSPS) is 10.8. The second-order valence-electron chi connectivity index (χ2n) is 5.84. The number of hydrazone groups is 1. The summed E-state index contributed by atoms with van der Waals surface area (Å²) in [6.45, 7) is 1.34. The molecule has 0 fully saturated rings. The largest absolute Gasteiger partial charge is 0.477 e. The van der Waals surface area contributed by atoms with Crippen molar-refractivity contribution in [3.05, 3.63) is 81.1 Å². The molecular weight excluding hydrogens is 398 g/mol. The summed E-state index contributed by atoms with van der Waals surface area (Å²) in [7, 11) is 0. The van der Waals surface area contributed by atoms with Crippen molar-refractivity contribution in [2.75, 3.05) is 6.61 Å². The van der Waals surface area contributed by atoms with Gasteiger partial charge in [-0.05, 0) is 25.1 Å². The van der Waals surface area contributed by atoms with Gasteiger partial charge in [0.05, 0.1) is 28.1 Å². The maximum absolute atomic E-state index is 11.9. The number of para-hydroxylation sites is 3. The van der Waals surface area contributed by atoms with E-state index in [9.17, 15) is 14.9 Å². The van der Waals surface area contributed by atoms with Crippen LogP contribution in [-0.2, 0) is 4.79 Å². The number of aryl methyl sites for hydroxylation is 1. The first-order chi connectivity index (χ1) is 14.0. The van der Waals surface area contributed by atoms with E-state index in [0.29, 0.717) is 16.4 Å². The predicted molar refractivity (Wildman–Crippen MR) is 108 cm³/mol. The summed E-state index contributed by atoms with van der Waals surface area (Å²) in [5.74, 6) is -0.580. The van der Waals surface area contributed by atoms with Gasteiger partial charge in [-0.25, -0.2) is 10.1 Å². The van der Waals surface area contributed by atoms with Crippen molar-refractivity contribution in [3.8, 4) is 11.4 Å². The minimum atomic E-state index is -0.583. The average Bonchev–Trinajstić information content (AvgIpc) is 3.01. The van der Waals surface area contributed by atoms with Crippen molar-refractivity contribution in [2.45, 2.75) is 6.92 Å². The monoisotopic (exact) mass is 413 g/mol. The lowest BCUT2D eigenvalue weighted by molar-refractivity contribution is -0.385. The molecule has 2 aromatic carbocycles. The number of hydrogen-bond donors (Lipinski definition) is 1. The molecule has 10 heteroatoms. The van der Waals surface area contributed by atoms with E-state index in [1.54, 1.807) is 17.7 Å². The first-order valence-corrected chi connectivity index (χ1v) is 8.84. The number of nitrogens with one attached hydrogen (secondary N) is 1. The Morgan fingerprint density at radius 1 is 1.28 bits per heavy atom. The number of hydrogen-bond acceptors (Lipinski definition) is 6. The number of ether oxygens (including phenoxy) is 1. The van der Waals surface area contributed by atoms with Crippen LogP contribution in [0.5, 0.6) is 5.75 Å². The number of benzene rings is 2. The quantitative estimate of drug-likeness (QED) is 0.363. The van der Waals surface area contributed by atoms with Gasteiger partial charge in [0.15, 0.2) is 12.4 Å². The van der Waals surface area contributed by atoms with Gasteiger partial charge in [-0.3, -0.25) is 14.9 Å². The van der Waals surface area contributed by atoms with E-state index in [2.05, 4.69) is 15.6 Å². The van der Waals surface area contributed by atoms with Gasteiger partial charge in [0, 0.05) is 6.07 Å². The van der Waals surface area contributed by atoms with Crippen molar-refractivity contribution >= 4 is 29.4 Å². The van der Waals surface area contributed by atoms with Gasteiger partial charge in [-0.15, -0.1) is 0 Å². The summed E-state index contributed by atoms with van der Waals surface area (Å²) in [5.41, 5.74) is 4.05. The van der Waals surface area contributed by atoms with E-state index in [1.165, 1.54) is 24.4 Å². The summed E-state index contributed by atoms with van der Waals surface area (Å²) in [6, 6.07) is 15.1. The third kappa shape index (κ3) is 4.77. The van der Waals surface area contributed by atoms with Crippen molar-refractivity contribution in [2.24, 2.45) is 5.10 Å². The number of carbonyl (C=O) groups is 1. The van der Waals surface area contributed by atoms with E-state index in [1.807, 2.05) is 30.3 Å². The molecule has 0 saturated heterocycles. The highest BCUT2D eigenvalue weighted by Crippen LogP contribution is 2.25. The second-order valence-corrected chi connectivity index (χ2v) is 6.20. The maximum Gasteiger partial charge on any atom is 0.310 e. The number of amides is 1. The minimum absolute atomic E-state index is 0.000319. The number of aromatic nitrogens is 2. The summed E-state index contributed by atoms with van der Waals surface area (Å²) in [6.07, 6.45) is 1.38. The highest BCUT2D eigenvalue weighted by atomic mass is 35.5. The molecule has 29 heavy (non-hydrogen) atoms. The van der Waals surface area contributed by atoms with Gasteiger partial charge in [-0.2, -0.15) is 10.2 Å². The van der Waals surface area contributed by atoms with E-state index >= 15 is 0 Å². The van der Waals surface area contributed by atoms with Crippen molar-refractivity contribution in [1.29, 1.82) is 0 Å². The zero-order chi connectivity index (χ0) is 20.8. The Bertz CT molecular complexity index is 1070. The van der Waals surface area contributed by atoms with E-state index in [-0.39, 0.29) is 11.4 Å². The molecule has 1 aromatic heterocycles. The van der Waals surface area contributed by atoms with Gasteiger partial charge >= 0.3 is 5.69 Å². The lowest BCUT2D eigenvalue weighted by Gasteiger charge is -2.05. The summed E-state index contributed by atoms with van der Waals surface area (Å²) < 4.78 is 6.77. The fourth-order valence-electron chi connectivity index (χ4n) is 2.47. The molecule has 9 nitrogen and oxygen atoms in total. The first kappa shape index (κ1) is 20.0. The number of rotatable bonds is 7. The summed E-state index contributed by atoms with van der Waals surface area (Å²) in [4.78, 5) is 22.3. The van der Waals surface area contributed by atoms with Gasteiger partial charge < -0.3 is 4.74 Å². The number of halogens is 1. The van der Waals surface area contributed by atoms with Crippen LogP contribution in [-0.4, -0.2) is 33.4 Å². The van der Waals surface area contributed by atoms with Gasteiger partial charge in [-0.1, -0.05) is 41.9 Å². The van der Waals surface area contributed by atoms with E-state index in [4.69, 9.17) is 16.3 Å². The lowest BCUT2D eigenvalue weighted by atomic mass is 10.3. The predicted octanol–water partition coefficient (Wildman–Crippen LogP) is 3.27. The molecule has 3 aromatic rings. The smallest absolute Gasteiger partial charge is 0.310 e. The molecule has 0 bridgehead atoms. The molecule has 0 aliphatic carbocycles. The van der Waals surface area contributed by atoms with Crippen molar-refractivity contribution < 1.29 is 14.5 Å². The summed E-state index contributed by atoms with van der Waals surface area (Å²) >= 11 is 6.38. The third-order valence-electron chi connectivity index (χ3n) is 3.85.